The van der Waals surface area contributed by atoms with Crippen molar-refractivity contribution in [2.75, 3.05) is 4.72 Å². The summed E-state index contributed by atoms with van der Waals surface area (Å²) in [6, 6.07) is 11.8. The van der Waals surface area contributed by atoms with Crippen LogP contribution in [0.3, 0.4) is 0 Å². The van der Waals surface area contributed by atoms with Crippen LogP contribution in [0.4, 0.5) is 5.69 Å². The van der Waals surface area contributed by atoms with Gasteiger partial charge in [0.1, 0.15) is 5.65 Å². The fraction of sp³-hybridized carbons (Fsp3) is 0. The molecule has 3 rings (SSSR count). The number of hydrogen-bond donors (Lipinski definition) is 2. The average Bonchev–Trinajstić information content (AvgIpc) is 2.87. The lowest BCUT2D eigenvalue weighted by Crippen LogP contribution is -2.12. The molecule has 0 aliphatic rings. The maximum absolute atomic E-state index is 12.1. The smallest absolute Gasteiger partial charge is 0.261 e. The quantitative estimate of drug-likeness (QED) is 0.769. The first-order valence-corrected chi connectivity index (χ1v) is 7.14. The van der Waals surface area contributed by atoms with Gasteiger partial charge in [0.05, 0.1) is 16.8 Å². The van der Waals surface area contributed by atoms with E-state index in [1.54, 1.807) is 42.6 Å². The van der Waals surface area contributed by atoms with E-state index in [1.807, 2.05) is 6.07 Å². The first-order valence-electron chi connectivity index (χ1n) is 5.66. The molecule has 2 heterocycles. The minimum absolute atomic E-state index is 0.226. The van der Waals surface area contributed by atoms with Gasteiger partial charge in [-0.05, 0) is 24.3 Å². The lowest BCUT2D eigenvalue weighted by atomic mass is 10.3. The third kappa shape index (κ3) is 2.30. The van der Waals surface area contributed by atoms with Crippen molar-refractivity contribution >= 4 is 26.7 Å². The minimum atomic E-state index is -3.57. The minimum Gasteiger partial charge on any atom is -0.346 e. The summed E-state index contributed by atoms with van der Waals surface area (Å²) in [7, 11) is -3.57. The highest BCUT2D eigenvalue weighted by Crippen LogP contribution is 2.18. The summed E-state index contributed by atoms with van der Waals surface area (Å²) in [6.07, 6.45) is 3.24. The van der Waals surface area contributed by atoms with Crippen molar-refractivity contribution in [2.45, 2.75) is 4.90 Å². The van der Waals surface area contributed by atoms with E-state index in [-0.39, 0.29) is 4.90 Å². The number of nitrogens with zero attached hydrogens (tertiary/aromatic N) is 1. The van der Waals surface area contributed by atoms with Gasteiger partial charge in [0.2, 0.25) is 0 Å². The third-order valence-electron chi connectivity index (χ3n) is 2.71. The zero-order valence-electron chi connectivity index (χ0n) is 9.87. The van der Waals surface area contributed by atoms with E-state index >= 15 is 0 Å². The van der Waals surface area contributed by atoms with E-state index in [0.29, 0.717) is 5.69 Å². The maximum Gasteiger partial charge on any atom is 0.261 e. The Kier molecular flexibility index (Phi) is 2.72. The Morgan fingerprint density at radius 1 is 1.11 bits per heavy atom. The van der Waals surface area contributed by atoms with E-state index in [0.717, 1.165) is 11.0 Å². The van der Waals surface area contributed by atoms with Crippen LogP contribution in [-0.4, -0.2) is 18.4 Å². The topological polar surface area (TPSA) is 74.8 Å². The molecule has 0 fully saturated rings. The molecule has 0 aliphatic heterocycles. The number of rotatable bonds is 3. The van der Waals surface area contributed by atoms with Gasteiger partial charge in [-0.15, -0.1) is 0 Å². The van der Waals surface area contributed by atoms with Crippen LogP contribution in [0.5, 0.6) is 0 Å². The highest BCUT2D eigenvalue weighted by molar-refractivity contribution is 7.92. The Morgan fingerprint density at radius 3 is 2.68 bits per heavy atom. The molecule has 3 aromatic rings. The van der Waals surface area contributed by atoms with Gasteiger partial charge in [0.25, 0.3) is 10.0 Å². The maximum atomic E-state index is 12.1. The van der Waals surface area contributed by atoms with Crippen molar-refractivity contribution in [3.05, 3.63) is 54.9 Å². The SMILES string of the molecule is O=S(=O)(Nc1cnc2[nH]ccc2c1)c1ccccc1. The van der Waals surface area contributed by atoms with E-state index in [9.17, 15) is 8.42 Å². The van der Waals surface area contributed by atoms with Gasteiger partial charge in [0, 0.05) is 11.6 Å². The normalized spacial score (nSPS) is 11.6. The number of sulfonamides is 1. The van der Waals surface area contributed by atoms with Gasteiger partial charge < -0.3 is 4.98 Å². The summed E-state index contributed by atoms with van der Waals surface area (Å²) in [5.74, 6) is 0. The molecule has 0 saturated carbocycles. The second-order valence-corrected chi connectivity index (χ2v) is 5.74. The number of benzene rings is 1. The van der Waals surface area contributed by atoms with E-state index in [4.69, 9.17) is 0 Å². The lowest BCUT2D eigenvalue weighted by molar-refractivity contribution is 0.601. The van der Waals surface area contributed by atoms with Crippen molar-refractivity contribution in [3.63, 3.8) is 0 Å². The zero-order valence-corrected chi connectivity index (χ0v) is 10.7. The van der Waals surface area contributed by atoms with Crippen LogP contribution in [-0.2, 0) is 10.0 Å². The number of anilines is 1. The van der Waals surface area contributed by atoms with Gasteiger partial charge in [-0.3, -0.25) is 4.72 Å². The van der Waals surface area contributed by atoms with E-state index in [1.165, 1.54) is 6.20 Å². The Bertz CT molecular complexity index is 810. The molecule has 2 aromatic heterocycles. The highest BCUT2D eigenvalue weighted by atomic mass is 32.2. The monoisotopic (exact) mass is 273 g/mol. The predicted molar refractivity (Wildman–Crippen MR) is 73.3 cm³/mol. The summed E-state index contributed by atoms with van der Waals surface area (Å²) in [6.45, 7) is 0. The number of aromatic amines is 1. The van der Waals surface area contributed by atoms with Crippen LogP contribution in [0.15, 0.2) is 59.8 Å². The molecule has 19 heavy (non-hydrogen) atoms. The standard InChI is InChI=1S/C13H11N3O2S/c17-19(18,12-4-2-1-3-5-12)16-11-8-10-6-7-14-13(10)15-9-11/h1-9,16H,(H,14,15). The van der Waals surface area contributed by atoms with Crippen molar-refractivity contribution in [1.82, 2.24) is 9.97 Å². The molecule has 96 valence electrons. The molecular formula is C13H11N3O2S. The lowest BCUT2D eigenvalue weighted by Gasteiger charge is -2.07. The molecule has 0 saturated heterocycles. The molecule has 0 unspecified atom stereocenters. The second kappa shape index (κ2) is 4.40. The van der Waals surface area contributed by atoms with Gasteiger partial charge in [0.15, 0.2) is 0 Å². The number of aromatic nitrogens is 2. The molecular weight excluding hydrogens is 262 g/mol. The molecule has 2 N–H and O–H groups in total. The molecule has 6 heteroatoms. The fourth-order valence-corrected chi connectivity index (χ4v) is 2.86. The molecule has 0 bridgehead atoms. The molecule has 1 aromatic carbocycles. The highest BCUT2D eigenvalue weighted by Gasteiger charge is 2.13. The summed E-state index contributed by atoms with van der Waals surface area (Å²) < 4.78 is 26.8. The van der Waals surface area contributed by atoms with Crippen LogP contribution in [0, 0.1) is 0 Å². The largest absolute Gasteiger partial charge is 0.346 e. The van der Waals surface area contributed by atoms with E-state index in [2.05, 4.69) is 14.7 Å². The number of fused-ring (bicyclic) bond motifs is 1. The molecule has 5 nitrogen and oxygen atoms in total. The van der Waals surface area contributed by atoms with Gasteiger partial charge in [-0.2, -0.15) is 0 Å². The van der Waals surface area contributed by atoms with Crippen molar-refractivity contribution < 1.29 is 8.42 Å². The van der Waals surface area contributed by atoms with Crippen LogP contribution in [0.2, 0.25) is 0 Å². The molecule has 0 spiro atoms. The Morgan fingerprint density at radius 2 is 1.89 bits per heavy atom. The first kappa shape index (κ1) is 11.7. The Balaban J connectivity index is 1.96. The van der Waals surface area contributed by atoms with Gasteiger partial charge >= 0.3 is 0 Å². The Hall–Kier alpha value is -2.34. The number of nitrogens with one attached hydrogen (secondary N) is 2. The number of hydrogen-bond acceptors (Lipinski definition) is 3. The second-order valence-electron chi connectivity index (χ2n) is 4.06. The molecule has 0 aliphatic carbocycles. The summed E-state index contributed by atoms with van der Waals surface area (Å²) in [5.41, 5.74) is 1.17. The number of pyridine rings is 1. The first-order chi connectivity index (χ1) is 9.15. The van der Waals surface area contributed by atoms with Crippen LogP contribution < -0.4 is 4.72 Å². The molecule has 0 atom stereocenters. The predicted octanol–water partition coefficient (Wildman–Crippen LogP) is 2.36. The fourth-order valence-electron chi connectivity index (χ4n) is 1.81. The Labute approximate surface area is 110 Å². The van der Waals surface area contributed by atoms with Crippen LogP contribution in [0.1, 0.15) is 0 Å². The van der Waals surface area contributed by atoms with Gasteiger partial charge in [-0.1, -0.05) is 18.2 Å². The zero-order chi connectivity index (χ0) is 13.3. The van der Waals surface area contributed by atoms with Crippen molar-refractivity contribution in [1.29, 1.82) is 0 Å². The molecule has 0 amide bonds. The summed E-state index contributed by atoms with van der Waals surface area (Å²) >= 11 is 0. The van der Waals surface area contributed by atoms with E-state index < -0.39 is 10.0 Å². The van der Waals surface area contributed by atoms with Crippen LogP contribution >= 0.6 is 0 Å². The molecule has 0 radical (unpaired) electrons. The van der Waals surface area contributed by atoms with Crippen LogP contribution in [0.25, 0.3) is 11.0 Å². The summed E-state index contributed by atoms with van der Waals surface area (Å²) in [4.78, 5) is 7.32. The van der Waals surface area contributed by atoms with Crippen molar-refractivity contribution in [3.8, 4) is 0 Å². The third-order valence-corrected chi connectivity index (χ3v) is 4.10. The average molecular weight is 273 g/mol. The van der Waals surface area contributed by atoms with Crippen molar-refractivity contribution in [2.24, 2.45) is 0 Å². The summed E-state index contributed by atoms with van der Waals surface area (Å²) in [5, 5.41) is 0.855. The number of H-pyrrole nitrogens is 1. The van der Waals surface area contributed by atoms with Gasteiger partial charge in [-0.25, -0.2) is 13.4 Å².